The number of nitrogens with one attached hydrogen (secondary N) is 1. The van der Waals surface area contributed by atoms with Crippen LogP contribution in [0.3, 0.4) is 0 Å². The van der Waals surface area contributed by atoms with Crippen LogP contribution in [0.4, 0.5) is 10.5 Å². The Labute approximate surface area is 121 Å². The second-order valence-electron chi connectivity index (χ2n) is 5.25. The van der Waals surface area contributed by atoms with Gasteiger partial charge in [-0.2, -0.15) is 0 Å². The molecule has 1 aromatic rings. The molecule has 1 N–H and O–H groups in total. The van der Waals surface area contributed by atoms with Gasteiger partial charge < -0.3 is 15.1 Å². The van der Waals surface area contributed by atoms with Gasteiger partial charge in [0, 0.05) is 38.4 Å². The van der Waals surface area contributed by atoms with Crippen LogP contribution >= 0.6 is 0 Å². The number of carbonyl (C=O) groups is 1. The summed E-state index contributed by atoms with van der Waals surface area (Å²) in [6.45, 7) is 6.39. The van der Waals surface area contributed by atoms with Crippen molar-refractivity contribution in [3.8, 4) is 0 Å². The number of benzene rings is 1. The molecule has 1 aliphatic rings. The zero-order valence-corrected chi connectivity index (χ0v) is 12.3. The number of anilines is 1. The predicted octanol–water partition coefficient (Wildman–Crippen LogP) is 2.71. The van der Waals surface area contributed by atoms with Crippen molar-refractivity contribution < 1.29 is 4.79 Å². The van der Waals surface area contributed by atoms with Crippen LogP contribution in [0.5, 0.6) is 0 Å². The molecule has 1 aromatic carbocycles. The van der Waals surface area contributed by atoms with Crippen LogP contribution < -0.4 is 10.2 Å². The van der Waals surface area contributed by atoms with Crippen molar-refractivity contribution in [1.82, 2.24) is 10.2 Å². The highest BCUT2D eigenvalue weighted by Crippen LogP contribution is 2.15. The monoisotopic (exact) mass is 275 g/mol. The van der Waals surface area contributed by atoms with Gasteiger partial charge in [0.2, 0.25) is 0 Å². The van der Waals surface area contributed by atoms with E-state index in [0.717, 1.165) is 39.1 Å². The number of nitrogens with zero attached hydrogens (tertiary/aromatic N) is 2. The summed E-state index contributed by atoms with van der Waals surface area (Å²) in [4.78, 5) is 16.3. The Kier molecular flexibility index (Phi) is 5.71. The van der Waals surface area contributed by atoms with Gasteiger partial charge >= 0.3 is 6.03 Å². The lowest BCUT2D eigenvalue weighted by Crippen LogP contribution is -2.52. The van der Waals surface area contributed by atoms with Crippen molar-refractivity contribution in [2.75, 3.05) is 37.6 Å². The van der Waals surface area contributed by atoms with E-state index >= 15 is 0 Å². The number of piperazine rings is 1. The lowest BCUT2D eigenvalue weighted by molar-refractivity contribution is 0.194. The maximum Gasteiger partial charge on any atom is 0.317 e. The Bertz CT molecular complexity index is 399. The van der Waals surface area contributed by atoms with E-state index in [1.54, 1.807) is 0 Å². The number of carbonyl (C=O) groups excluding carboxylic acids is 1. The number of para-hydroxylation sites is 1. The maximum absolute atomic E-state index is 12.0. The summed E-state index contributed by atoms with van der Waals surface area (Å²) in [7, 11) is 0. The van der Waals surface area contributed by atoms with Crippen LogP contribution in [0.1, 0.15) is 26.2 Å². The summed E-state index contributed by atoms with van der Waals surface area (Å²) in [6.07, 6.45) is 3.44. The molecule has 110 valence electrons. The van der Waals surface area contributed by atoms with E-state index in [-0.39, 0.29) is 6.03 Å². The standard InChI is InChI=1S/C16H25N3O/c1-2-3-7-10-17-16(20)19-13-11-18(12-14-19)15-8-5-4-6-9-15/h4-6,8-9H,2-3,7,10-14H2,1H3,(H,17,20). The molecule has 0 saturated carbocycles. The van der Waals surface area contributed by atoms with Gasteiger partial charge in [0.1, 0.15) is 0 Å². The van der Waals surface area contributed by atoms with Crippen LogP contribution in [0.15, 0.2) is 30.3 Å². The van der Waals surface area contributed by atoms with E-state index in [2.05, 4.69) is 41.4 Å². The van der Waals surface area contributed by atoms with E-state index in [0.29, 0.717) is 0 Å². The lowest BCUT2D eigenvalue weighted by atomic mass is 10.2. The molecule has 1 heterocycles. The Morgan fingerprint density at radius 3 is 2.45 bits per heavy atom. The van der Waals surface area contributed by atoms with Gasteiger partial charge in [-0.1, -0.05) is 38.0 Å². The summed E-state index contributed by atoms with van der Waals surface area (Å²) in [5, 5.41) is 3.01. The molecule has 4 nitrogen and oxygen atoms in total. The third-order valence-corrected chi connectivity index (χ3v) is 3.74. The predicted molar refractivity (Wildman–Crippen MR) is 83.2 cm³/mol. The normalized spacial score (nSPS) is 15.2. The fourth-order valence-electron chi connectivity index (χ4n) is 2.49. The quantitative estimate of drug-likeness (QED) is 0.839. The molecular formula is C16H25N3O. The van der Waals surface area contributed by atoms with Crippen LogP contribution in [0.25, 0.3) is 0 Å². The second-order valence-corrected chi connectivity index (χ2v) is 5.25. The molecule has 4 heteroatoms. The molecule has 20 heavy (non-hydrogen) atoms. The molecule has 0 unspecified atom stereocenters. The van der Waals surface area contributed by atoms with Gasteiger partial charge in [-0.25, -0.2) is 4.79 Å². The van der Waals surface area contributed by atoms with Crippen molar-refractivity contribution in [3.63, 3.8) is 0 Å². The average Bonchev–Trinajstić information content (AvgIpc) is 2.52. The highest BCUT2D eigenvalue weighted by Gasteiger charge is 2.20. The van der Waals surface area contributed by atoms with Gasteiger partial charge in [-0.15, -0.1) is 0 Å². The molecule has 2 rings (SSSR count). The first-order valence-corrected chi connectivity index (χ1v) is 7.64. The SMILES string of the molecule is CCCCCNC(=O)N1CCN(c2ccccc2)CC1. The largest absolute Gasteiger partial charge is 0.368 e. The first-order valence-electron chi connectivity index (χ1n) is 7.64. The van der Waals surface area contributed by atoms with Crippen molar-refractivity contribution in [2.45, 2.75) is 26.2 Å². The Hall–Kier alpha value is -1.71. The molecule has 1 saturated heterocycles. The van der Waals surface area contributed by atoms with Crippen molar-refractivity contribution in [1.29, 1.82) is 0 Å². The minimum absolute atomic E-state index is 0.0915. The minimum atomic E-state index is 0.0915. The molecule has 0 atom stereocenters. The van der Waals surface area contributed by atoms with E-state index in [1.165, 1.54) is 18.5 Å². The fraction of sp³-hybridized carbons (Fsp3) is 0.562. The minimum Gasteiger partial charge on any atom is -0.368 e. The highest BCUT2D eigenvalue weighted by molar-refractivity contribution is 5.74. The number of amides is 2. The molecule has 2 amide bonds. The number of urea groups is 1. The maximum atomic E-state index is 12.0. The zero-order valence-electron chi connectivity index (χ0n) is 12.3. The molecule has 0 spiro atoms. The average molecular weight is 275 g/mol. The Morgan fingerprint density at radius 2 is 1.80 bits per heavy atom. The summed E-state index contributed by atoms with van der Waals surface area (Å²) < 4.78 is 0. The molecule has 0 radical (unpaired) electrons. The third-order valence-electron chi connectivity index (χ3n) is 3.74. The van der Waals surface area contributed by atoms with Gasteiger partial charge in [0.15, 0.2) is 0 Å². The molecular weight excluding hydrogens is 250 g/mol. The molecule has 1 aliphatic heterocycles. The van der Waals surface area contributed by atoms with Crippen LogP contribution in [0, 0.1) is 0 Å². The number of rotatable bonds is 5. The van der Waals surface area contributed by atoms with Gasteiger partial charge in [-0.05, 0) is 18.6 Å². The molecule has 0 bridgehead atoms. The topological polar surface area (TPSA) is 35.6 Å². The summed E-state index contributed by atoms with van der Waals surface area (Å²) in [5.41, 5.74) is 1.25. The number of hydrogen-bond acceptors (Lipinski definition) is 2. The van der Waals surface area contributed by atoms with Gasteiger partial charge in [0.25, 0.3) is 0 Å². The Balaban J connectivity index is 1.72. The smallest absolute Gasteiger partial charge is 0.317 e. The second kappa shape index (κ2) is 7.78. The first-order chi connectivity index (χ1) is 9.81. The van der Waals surface area contributed by atoms with E-state index < -0.39 is 0 Å². The van der Waals surface area contributed by atoms with Gasteiger partial charge in [0.05, 0.1) is 0 Å². The summed E-state index contributed by atoms with van der Waals surface area (Å²) in [6, 6.07) is 10.5. The van der Waals surface area contributed by atoms with Crippen molar-refractivity contribution >= 4 is 11.7 Å². The zero-order chi connectivity index (χ0) is 14.2. The van der Waals surface area contributed by atoms with E-state index in [1.807, 2.05) is 11.0 Å². The highest BCUT2D eigenvalue weighted by atomic mass is 16.2. The molecule has 0 aliphatic carbocycles. The van der Waals surface area contributed by atoms with Crippen LogP contribution in [0.2, 0.25) is 0 Å². The molecule has 0 aromatic heterocycles. The van der Waals surface area contributed by atoms with Crippen LogP contribution in [-0.2, 0) is 0 Å². The fourth-order valence-corrected chi connectivity index (χ4v) is 2.49. The van der Waals surface area contributed by atoms with Crippen molar-refractivity contribution in [2.24, 2.45) is 0 Å². The first kappa shape index (κ1) is 14.7. The summed E-state index contributed by atoms with van der Waals surface area (Å²) in [5.74, 6) is 0. The lowest BCUT2D eigenvalue weighted by Gasteiger charge is -2.36. The van der Waals surface area contributed by atoms with E-state index in [9.17, 15) is 4.79 Å². The van der Waals surface area contributed by atoms with Crippen molar-refractivity contribution in [3.05, 3.63) is 30.3 Å². The molecule has 1 fully saturated rings. The Morgan fingerprint density at radius 1 is 1.10 bits per heavy atom. The summed E-state index contributed by atoms with van der Waals surface area (Å²) >= 11 is 0. The van der Waals surface area contributed by atoms with Gasteiger partial charge in [-0.3, -0.25) is 0 Å². The van der Waals surface area contributed by atoms with E-state index in [4.69, 9.17) is 0 Å². The third kappa shape index (κ3) is 4.15. The number of unbranched alkanes of at least 4 members (excludes halogenated alkanes) is 2. The van der Waals surface area contributed by atoms with Crippen LogP contribution in [-0.4, -0.2) is 43.7 Å². The number of hydrogen-bond donors (Lipinski definition) is 1.